The number of rotatable bonds is 4. The molecule has 96 valence electrons. The number of nitrogens with zero attached hydrogens (tertiary/aromatic N) is 2. The fraction of sp³-hybridized carbons (Fsp3) is 0.357. The van der Waals surface area contributed by atoms with Gasteiger partial charge in [0.25, 0.3) is 0 Å². The average molecular weight is 308 g/mol. The second-order valence-corrected chi connectivity index (χ2v) is 5.50. The summed E-state index contributed by atoms with van der Waals surface area (Å²) in [6, 6.07) is 8.86. The number of aryl methyl sites for hydroxylation is 2. The van der Waals surface area contributed by atoms with Gasteiger partial charge < -0.3 is 5.32 Å². The topological polar surface area (TPSA) is 29.9 Å². The molecule has 0 aliphatic heterocycles. The van der Waals surface area contributed by atoms with E-state index in [1.54, 1.807) is 0 Å². The number of hydrogen-bond acceptors (Lipinski definition) is 2. The molecular formula is C14H18BrN3. The first-order chi connectivity index (χ1) is 8.58. The molecule has 0 aliphatic carbocycles. The number of benzene rings is 1. The van der Waals surface area contributed by atoms with E-state index in [0.717, 1.165) is 16.6 Å². The Morgan fingerprint density at radius 2 is 2.17 bits per heavy atom. The molecule has 0 fully saturated rings. The van der Waals surface area contributed by atoms with Crippen LogP contribution >= 0.6 is 15.9 Å². The van der Waals surface area contributed by atoms with E-state index in [9.17, 15) is 0 Å². The van der Waals surface area contributed by atoms with Gasteiger partial charge in [-0.2, -0.15) is 5.10 Å². The summed E-state index contributed by atoms with van der Waals surface area (Å²) in [6.45, 7) is 2.11. The standard InChI is InChI=1S/C14H18BrN3/c1-10-6-11(8-12(15)7-10)14(16-2)9-13-4-5-18(3)17-13/h4-8,14,16H,9H2,1-3H3. The number of aromatic nitrogens is 2. The summed E-state index contributed by atoms with van der Waals surface area (Å²) in [5.74, 6) is 0. The molecule has 2 rings (SSSR count). The summed E-state index contributed by atoms with van der Waals surface area (Å²) >= 11 is 3.55. The maximum absolute atomic E-state index is 4.43. The van der Waals surface area contributed by atoms with Crippen LogP contribution in [0.15, 0.2) is 34.9 Å². The minimum absolute atomic E-state index is 0.288. The van der Waals surface area contributed by atoms with Crippen LogP contribution in [-0.4, -0.2) is 16.8 Å². The predicted molar refractivity (Wildman–Crippen MR) is 77.6 cm³/mol. The summed E-state index contributed by atoms with van der Waals surface area (Å²) in [5.41, 5.74) is 3.66. The van der Waals surface area contributed by atoms with Gasteiger partial charge in [-0.1, -0.05) is 22.0 Å². The SMILES string of the molecule is CNC(Cc1ccn(C)n1)c1cc(C)cc(Br)c1. The monoisotopic (exact) mass is 307 g/mol. The van der Waals surface area contributed by atoms with Crippen molar-refractivity contribution < 1.29 is 0 Å². The number of likely N-dealkylation sites (N-methyl/N-ethyl adjacent to an activating group) is 1. The molecule has 0 bridgehead atoms. The van der Waals surface area contributed by atoms with E-state index in [1.165, 1.54) is 11.1 Å². The molecule has 0 amide bonds. The van der Waals surface area contributed by atoms with Crippen molar-refractivity contribution >= 4 is 15.9 Å². The van der Waals surface area contributed by atoms with Crippen LogP contribution in [0, 0.1) is 6.92 Å². The van der Waals surface area contributed by atoms with Gasteiger partial charge in [0, 0.05) is 30.2 Å². The van der Waals surface area contributed by atoms with E-state index in [-0.39, 0.29) is 6.04 Å². The molecule has 0 spiro atoms. The Hall–Kier alpha value is -1.13. The van der Waals surface area contributed by atoms with Crippen LogP contribution in [0.1, 0.15) is 22.9 Å². The highest BCUT2D eigenvalue weighted by atomic mass is 79.9. The molecule has 1 heterocycles. The van der Waals surface area contributed by atoms with Gasteiger partial charge in [0.05, 0.1) is 5.69 Å². The highest BCUT2D eigenvalue weighted by Crippen LogP contribution is 2.23. The molecule has 0 radical (unpaired) electrons. The van der Waals surface area contributed by atoms with Crippen molar-refractivity contribution in [1.29, 1.82) is 0 Å². The van der Waals surface area contributed by atoms with Gasteiger partial charge >= 0.3 is 0 Å². The highest BCUT2D eigenvalue weighted by Gasteiger charge is 2.12. The quantitative estimate of drug-likeness (QED) is 0.941. The van der Waals surface area contributed by atoms with Gasteiger partial charge in [-0.25, -0.2) is 0 Å². The Morgan fingerprint density at radius 3 is 2.72 bits per heavy atom. The summed E-state index contributed by atoms with van der Waals surface area (Å²) < 4.78 is 2.97. The second kappa shape index (κ2) is 5.67. The van der Waals surface area contributed by atoms with Crippen LogP contribution in [0.5, 0.6) is 0 Å². The third kappa shape index (κ3) is 3.21. The van der Waals surface area contributed by atoms with E-state index in [0.29, 0.717) is 0 Å². The first kappa shape index (κ1) is 13.3. The fourth-order valence-corrected chi connectivity index (χ4v) is 2.76. The second-order valence-electron chi connectivity index (χ2n) is 4.59. The number of halogens is 1. The van der Waals surface area contributed by atoms with Gasteiger partial charge in [0.1, 0.15) is 0 Å². The first-order valence-corrected chi connectivity index (χ1v) is 6.80. The van der Waals surface area contributed by atoms with Gasteiger partial charge in [-0.15, -0.1) is 0 Å². The summed E-state index contributed by atoms with van der Waals surface area (Å²) in [5, 5.41) is 7.79. The summed E-state index contributed by atoms with van der Waals surface area (Å²) in [7, 11) is 3.94. The molecular weight excluding hydrogens is 290 g/mol. The zero-order valence-electron chi connectivity index (χ0n) is 10.9. The molecule has 1 N–H and O–H groups in total. The number of nitrogens with one attached hydrogen (secondary N) is 1. The van der Waals surface area contributed by atoms with Gasteiger partial charge in [0.2, 0.25) is 0 Å². The summed E-state index contributed by atoms with van der Waals surface area (Å²) in [4.78, 5) is 0. The van der Waals surface area contributed by atoms with Crippen molar-refractivity contribution in [3.8, 4) is 0 Å². The average Bonchev–Trinajstić information content (AvgIpc) is 2.70. The maximum Gasteiger partial charge on any atom is 0.0643 e. The van der Waals surface area contributed by atoms with E-state index in [2.05, 4.69) is 57.5 Å². The minimum Gasteiger partial charge on any atom is -0.313 e. The molecule has 1 aromatic carbocycles. The van der Waals surface area contributed by atoms with Crippen LogP contribution in [0.2, 0.25) is 0 Å². The molecule has 1 atom stereocenters. The van der Waals surface area contributed by atoms with E-state index >= 15 is 0 Å². The molecule has 1 aromatic heterocycles. The maximum atomic E-state index is 4.43. The van der Waals surface area contributed by atoms with Gasteiger partial charge in [-0.05, 0) is 43.3 Å². The highest BCUT2D eigenvalue weighted by molar-refractivity contribution is 9.10. The Balaban J connectivity index is 2.22. The third-order valence-corrected chi connectivity index (χ3v) is 3.46. The van der Waals surface area contributed by atoms with E-state index in [4.69, 9.17) is 0 Å². The lowest BCUT2D eigenvalue weighted by molar-refractivity contribution is 0.576. The molecule has 4 heteroatoms. The lowest BCUT2D eigenvalue weighted by Gasteiger charge is -2.16. The molecule has 3 nitrogen and oxygen atoms in total. The molecule has 18 heavy (non-hydrogen) atoms. The van der Waals surface area contributed by atoms with Crippen LogP contribution in [0.4, 0.5) is 0 Å². The van der Waals surface area contributed by atoms with Crippen molar-refractivity contribution in [2.24, 2.45) is 7.05 Å². The summed E-state index contributed by atoms with van der Waals surface area (Å²) in [6.07, 6.45) is 2.88. The number of hydrogen-bond donors (Lipinski definition) is 1. The van der Waals surface area contributed by atoms with Crippen molar-refractivity contribution in [2.45, 2.75) is 19.4 Å². The Labute approximate surface area is 116 Å². The minimum atomic E-state index is 0.288. The zero-order chi connectivity index (χ0) is 13.1. The van der Waals surface area contributed by atoms with Crippen molar-refractivity contribution in [2.75, 3.05) is 7.05 Å². The van der Waals surface area contributed by atoms with Crippen molar-refractivity contribution in [1.82, 2.24) is 15.1 Å². The molecule has 2 aromatic rings. The lowest BCUT2D eigenvalue weighted by Crippen LogP contribution is -2.19. The van der Waals surface area contributed by atoms with Crippen LogP contribution < -0.4 is 5.32 Å². The third-order valence-electron chi connectivity index (χ3n) is 3.00. The largest absolute Gasteiger partial charge is 0.313 e. The van der Waals surface area contributed by atoms with Crippen LogP contribution in [0.3, 0.4) is 0 Å². The molecule has 0 saturated carbocycles. The van der Waals surface area contributed by atoms with E-state index < -0.39 is 0 Å². The zero-order valence-corrected chi connectivity index (χ0v) is 12.5. The smallest absolute Gasteiger partial charge is 0.0643 e. The molecule has 1 unspecified atom stereocenters. The Bertz CT molecular complexity index is 513. The van der Waals surface area contributed by atoms with Gasteiger partial charge in [0.15, 0.2) is 0 Å². The van der Waals surface area contributed by atoms with Gasteiger partial charge in [-0.3, -0.25) is 4.68 Å². The Morgan fingerprint density at radius 1 is 1.39 bits per heavy atom. The van der Waals surface area contributed by atoms with E-state index in [1.807, 2.05) is 25.0 Å². The van der Waals surface area contributed by atoms with Crippen LogP contribution in [0.25, 0.3) is 0 Å². The normalized spacial score (nSPS) is 12.7. The lowest BCUT2D eigenvalue weighted by atomic mass is 10.0. The van der Waals surface area contributed by atoms with Crippen LogP contribution in [-0.2, 0) is 13.5 Å². The first-order valence-electron chi connectivity index (χ1n) is 6.01. The predicted octanol–water partition coefficient (Wildman–Crippen LogP) is 2.99. The Kier molecular flexibility index (Phi) is 4.19. The molecule has 0 saturated heterocycles. The fourth-order valence-electron chi connectivity index (χ4n) is 2.13. The van der Waals surface area contributed by atoms with Crippen molar-refractivity contribution in [3.63, 3.8) is 0 Å². The molecule has 0 aliphatic rings. The van der Waals surface area contributed by atoms with Crippen molar-refractivity contribution in [3.05, 3.63) is 51.8 Å².